The first-order valence-electron chi connectivity index (χ1n) is 9.45. The van der Waals surface area contributed by atoms with Crippen molar-refractivity contribution in [1.29, 1.82) is 0 Å². The molecule has 2 aromatic heterocycles. The predicted molar refractivity (Wildman–Crippen MR) is 119 cm³/mol. The van der Waals surface area contributed by atoms with E-state index in [1.54, 1.807) is 12.5 Å². The summed E-state index contributed by atoms with van der Waals surface area (Å²) in [6, 6.07) is 28.0. The van der Waals surface area contributed by atoms with Crippen LogP contribution in [0.5, 0.6) is 5.75 Å². The van der Waals surface area contributed by atoms with E-state index in [1.807, 2.05) is 78.9 Å². The third-order valence-electron chi connectivity index (χ3n) is 4.32. The lowest BCUT2D eigenvalue weighted by Crippen LogP contribution is -1.85. The summed E-state index contributed by atoms with van der Waals surface area (Å²) in [5.74, 6) is 1.07. The minimum absolute atomic E-state index is 0.860. The number of hydrogen-bond donors (Lipinski definition) is 0. The average molecular weight is 384 g/mol. The Labute approximate surface area is 170 Å². The minimum atomic E-state index is 0.860. The average Bonchev–Trinajstić information content (AvgIpc) is 3.56. The van der Waals surface area contributed by atoms with Crippen LogP contribution in [0.4, 0.5) is 0 Å². The minimum Gasteiger partial charge on any atom is -0.493 e. The molecule has 0 saturated heterocycles. The maximum atomic E-state index is 5.30. The summed E-state index contributed by atoms with van der Waals surface area (Å²) < 4.78 is 15.5. The first kappa shape index (κ1) is 20.0. The van der Waals surface area contributed by atoms with Gasteiger partial charge in [-0.05, 0) is 35.9 Å². The molecule has 0 aliphatic carbocycles. The lowest BCUT2D eigenvalue weighted by Gasteiger charge is -1.93. The van der Waals surface area contributed by atoms with Crippen LogP contribution in [0.25, 0.3) is 21.9 Å². The Morgan fingerprint density at radius 1 is 0.586 bits per heavy atom. The molecule has 3 aromatic carbocycles. The summed E-state index contributed by atoms with van der Waals surface area (Å²) in [6.07, 6.45) is 4.48. The van der Waals surface area contributed by atoms with Gasteiger partial charge in [0.2, 0.25) is 0 Å². The number of hydrogen-bond acceptors (Lipinski definition) is 3. The molecule has 0 N–H and O–H groups in total. The van der Waals surface area contributed by atoms with Crippen molar-refractivity contribution in [3.05, 3.63) is 116 Å². The molecule has 6 rings (SSSR count). The SMILES string of the molecule is C=C.c1ccc2c(c1)CCO2.c1ccc2occc2c1.c1ccc2occc2c1. The van der Waals surface area contributed by atoms with Crippen molar-refractivity contribution in [2.45, 2.75) is 6.42 Å². The predicted octanol–water partition coefficient (Wildman–Crippen LogP) is 7.29. The summed E-state index contributed by atoms with van der Waals surface area (Å²) in [7, 11) is 0. The van der Waals surface area contributed by atoms with E-state index < -0.39 is 0 Å². The van der Waals surface area contributed by atoms with Crippen LogP contribution in [0.1, 0.15) is 5.56 Å². The molecule has 1 aliphatic heterocycles. The lowest BCUT2D eigenvalue weighted by atomic mass is 10.2. The topological polar surface area (TPSA) is 35.5 Å². The molecule has 0 fully saturated rings. The van der Waals surface area contributed by atoms with Gasteiger partial charge in [-0.15, -0.1) is 13.2 Å². The van der Waals surface area contributed by atoms with Gasteiger partial charge in [0.15, 0.2) is 0 Å². The van der Waals surface area contributed by atoms with Gasteiger partial charge in [-0.2, -0.15) is 0 Å². The molecule has 0 bridgehead atoms. The van der Waals surface area contributed by atoms with Crippen molar-refractivity contribution in [2.75, 3.05) is 6.61 Å². The van der Waals surface area contributed by atoms with Crippen LogP contribution in [0.3, 0.4) is 0 Å². The molecule has 0 saturated carbocycles. The zero-order valence-electron chi connectivity index (χ0n) is 16.3. The van der Waals surface area contributed by atoms with E-state index in [2.05, 4.69) is 19.2 Å². The fraction of sp³-hybridized carbons (Fsp3) is 0.0769. The normalized spacial score (nSPS) is 11.0. The molecule has 3 heteroatoms. The summed E-state index contributed by atoms with van der Waals surface area (Å²) >= 11 is 0. The van der Waals surface area contributed by atoms with Crippen molar-refractivity contribution < 1.29 is 13.6 Å². The molecular formula is C26H24O3. The standard InChI is InChI=1S/C8H8O.2C8H6O.C2H4/c3*1-2-4-8-7(3-1)5-6-9-8;1-2/h1-4H,5-6H2;2*1-6H;1-2H2. The van der Waals surface area contributed by atoms with E-state index >= 15 is 0 Å². The van der Waals surface area contributed by atoms with Crippen molar-refractivity contribution in [2.24, 2.45) is 0 Å². The van der Waals surface area contributed by atoms with Crippen molar-refractivity contribution in [1.82, 2.24) is 0 Å². The monoisotopic (exact) mass is 384 g/mol. The second kappa shape index (κ2) is 10.6. The van der Waals surface area contributed by atoms with Gasteiger partial charge in [0, 0.05) is 17.2 Å². The Hall–Kier alpha value is -3.72. The Morgan fingerprint density at radius 3 is 1.66 bits per heavy atom. The molecule has 0 atom stereocenters. The van der Waals surface area contributed by atoms with Crippen LogP contribution in [0, 0.1) is 0 Å². The van der Waals surface area contributed by atoms with Crippen LogP contribution < -0.4 is 4.74 Å². The molecule has 0 radical (unpaired) electrons. The van der Waals surface area contributed by atoms with E-state index in [0.717, 1.165) is 40.7 Å². The number of fused-ring (bicyclic) bond motifs is 3. The van der Waals surface area contributed by atoms with Crippen molar-refractivity contribution >= 4 is 21.9 Å². The molecular weight excluding hydrogens is 360 g/mol. The lowest BCUT2D eigenvalue weighted by molar-refractivity contribution is 0.357. The van der Waals surface area contributed by atoms with Crippen LogP contribution in [0.15, 0.2) is 119 Å². The molecule has 3 nitrogen and oxygen atoms in total. The highest BCUT2D eigenvalue weighted by Crippen LogP contribution is 2.23. The Bertz CT molecular complexity index is 987. The van der Waals surface area contributed by atoms with Gasteiger partial charge in [-0.3, -0.25) is 0 Å². The summed E-state index contributed by atoms with van der Waals surface area (Å²) in [5, 5.41) is 2.33. The van der Waals surface area contributed by atoms with Gasteiger partial charge >= 0.3 is 0 Å². The van der Waals surface area contributed by atoms with Crippen molar-refractivity contribution in [3.8, 4) is 5.75 Å². The fourth-order valence-corrected chi connectivity index (χ4v) is 2.93. The van der Waals surface area contributed by atoms with Crippen LogP contribution in [-0.2, 0) is 6.42 Å². The van der Waals surface area contributed by atoms with Crippen LogP contribution in [-0.4, -0.2) is 6.61 Å². The van der Waals surface area contributed by atoms with E-state index in [0.29, 0.717) is 0 Å². The smallest absolute Gasteiger partial charge is 0.133 e. The largest absolute Gasteiger partial charge is 0.493 e. The molecule has 0 amide bonds. The van der Waals surface area contributed by atoms with Gasteiger partial charge in [0.05, 0.1) is 19.1 Å². The van der Waals surface area contributed by atoms with Gasteiger partial charge in [-0.1, -0.05) is 54.6 Å². The Balaban J connectivity index is 0.000000119. The third-order valence-corrected chi connectivity index (χ3v) is 4.32. The van der Waals surface area contributed by atoms with E-state index in [4.69, 9.17) is 13.6 Å². The van der Waals surface area contributed by atoms with E-state index in [1.165, 1.54) is 5.56 Å². The van der Waals surface area contributed by atoms with E-state index in [9.17, 15) is 0 Å². The molecule has 0 spiro atoms. The summed E-state index contributed by atoms with van der Waals surface area (Å²) in [5.41, 5.74) is 3.26. The highest BCUT2D eigenvalue weighted by atomic mass is 16.5. The molecule has 146 valence electrons. The second-order valence-electron chi connectivity index (χ2n) is 6.12. The number of benzene rings is 3. The quantitative estimate of drug-likeness (QED) is 0.263. The molecule has 3 heterocycles. The van der Waals surface area contributed by atoms with Crippen LogP contribution >= 0.6 is 0 Å². The summed E-state index contributed by atoms with van der Waals surface area (Å²) in [6.45, 7) is 6.86. The van der Waals surface area contributed by atoms with Crippen LogP contribution in [0.2, 0.25) is 0 Å². The maximum absolute atomic E-state index is 5.30. The first-order chi connectivity index (χ1) is 14.4. The zero-order chi connectivity index (χ0) is 20.3. The number of para-hydroxylation sites is 3. The summed E-state index contributed by atoms with van der Waals surface area (Å²) in [4.78, 5) is 0. The molecule has 5 aromatic rings. The number of furan rings is 2. The molecule has 29 heavy (non-hydrogen) atoms. The zero-order valence-corrected chi connectivity index (χ0v) is 16.3. The Kier molecular flexibility index (Phi) is 7.30. The van der Waals surface area contributed by atoms with Gasteiger partial charge < -0.3 is 13.6 Å². The van der Waals surface area contributed by atoms with E-state index in [-0.39, 0.29) is 0 Å². The molecule has 1 aliphatic rings. The number of rotatable bonds is 0. The number of ether oxygens (including phenoxy) is 1. The van der Waals surface area contributed by atoms with Crippen molar-refractivity contribution in [3.63, 3.8) is 0 Å². The first-order valence-corrected chi connectivity index (χ1v) is 9.45. The third kappa shape index (κ3) is 5.39. The van der Waals surface area contributed by atoms with Gasteiger partial charge in [0.1, 0.15) is 16.9 Å². The Morgan fingerprint density at radius 2 is 1.10 bits per heavy atom. The molecule has 0 unspecified atom stereocenters. The fourth-order valence-electron chi connectivity index (χ4n) is 2.93. The highest BCUT2D eigenvalue weighted by molar-refractivity contribution is 5.77. The van der Waals surface area contributed by atoms with Gasteiger partial charge in [0.25, 0.3) is 0 Å². The highest BCUT2D eigenvalue weighted by Gasteiger charge is 2.08. The second-order valence-corrected chi connectivity index (χ2v) is 6.12. The van der Waals surface area contributed by atoms with Gasteiger partial charge in [-0.25, -0.2) is 0 Å². The maximum Gasteiger partial charge on any atom is 0.133 e.